The average molecular weight is 242 g/mol. The van der Waals surface area contributed by atoms with Crippen molar-refractivity contribution in [2.45, 2.75) is 13.8 Å². The molecular formula is C16H18O2. The van der Waals surface area contributed by atoms with Gasteiger partial charge in [0.1, 0.15) is 0 Å². The van der Waals surface area contributed by atoms with Gasteiger partial charge in [0, 0.05) is 5.56 Å². The Hall–Kier alpha value is -1.96. The monoisotopic (exact) mass is 242 g/mol. The number of methoxy groups -OCH3 is 2. The molecular weight excluding hydrogens is 224 g/mol. The van der Waals surface area contributed by atoms with Crippen molar-refractivity contribution in [3.05, 3.63) is 47.5 Å². The number of hydrogen-bond acceptors (Lipinski definition) is 2. The zero-order valence-electron chi connectivity index (χ0n) is 11.3. The van der Waals surface area contributed by atoms with Crippen molar-refractivity contribution >= 4 is 0 Å². The van der Waals surface area contributed by atoms with Crippen LogP contribution in [-0.4, -0.2) is 14.2 Å². The van der Waals surface area contributed by atoms with Crippen LogP contribution in [0.15, 0.2) is 36.4 Å². The highest BCUT2D eigenvalue weighted by molar-refractivity contribution is 5.77. The van der Waals surface area contributed by atoms with Crippen LogP contribution < -0.4 is 9.47 Å². The Morgan fingerprint density at radius 3 is 2.28 bits per heavy atom. The second-order valence-corrected chi connectivity index (χ2v) is 4.36. The van der Waals surface area contributed by atoms with E-state index in [-0.39, 0.29) is 0 Å². The molecule has 2 aromatic carbocycles. The van der Waals surface area contributed by atoms with Gasteiger partial charge in [0.2, 0.25) is 0 Å². The molecule has 0 aliphatic rings. The van der Waals surface area contributed by atoms with Crippen molar-refractivity contribution in [1.82, 2.24) is 0 Å². The first-order valence-electron chi connectivity index (χ1n) is 5.96. The van der Waals surface area contributed by atoms with Crippen LogP contribution in [0.3, 0.4) is 0 Å². The maximum Gasteiger partial charge on any atom is 0.168 e. The van der Waals surface area contributed by atoms with Crippen LogP contribution in [0.4, 0.5) is 0 Å². The van der Waals surface area contributed by atoms with Crippen LogP contribution in [0, 0.1) is 13.8 Å². The zero-order chi connectivity index (χ0) is 13.1. The highest BCUT2D eigenvalue weighted by Crippen LogP contribution is 2.40. The predicted molar refractivity (Wildman–Crippen MR) is 74.5 cm³/mol. The molecule has 0 heterocycles. The molecule has 0 bridgehead atoms. The highest BCUT2D eigenvalue weighted by Gasteiger charge is 2.14. The Morgan fingerprint density at radius 2 is 1.67 bits per heavy atom. The fourth-order valence-electron chi connectivity index (χ4n) is 2.18. The SMILES string of the molecule is COc1ccc(C)c(-c2cccc(C)c2)c1OC. The third-order valence-electron chi connectivity index (χ3n) is 3.06. The van der Waals surface area contributed by atoms with Crippen LogP contribution in [0.5, 0.6) is 11.5 Å². The molecule has 0 N–H and O–H groups in total. The van der Waals surface area contributed by atoms with Crippen molar-refractivity contribution < 1.29 is 9.47 Å². The molecule has 0 spiro atoms. The Kier molecular flexibility index (Phi) is 3.56. The van der Waals surface area contributed by atoms with Gasteiger partial charge in [-0.3, -0.25) is 0 Å². The van der Waals surface area contributed by atoms with Crippen molar-refractivity contribution in [2.75, 3.05) is 14.2 Å². The molecule has 0 aliphatic carbocycles. The molecule has 94 valence electrons. The zero-order valence-corrected chi connectivity index (χ0v) is 11.3. The molecule has 0 aromatic heterocycles. The van der Waals surface area contributed by atoms with E-state index in [9.17, 15) is 0 Å². The first-order valence-corrected chi connectivity index (χ1v) is 5.96. The van der Waals surface area contributed by atoms with Crippen LogP contribution in [0.1, 0.15) is 11.1 Å². The Labute approximate surface area is 108 Å². The van der Waals surface area contributed by atoms with Gasteiger partial charge in [0.25, 0.3) is 0 Å². The molecule has 0 aliphatic heterocycles. The summed E-state index contributed by atoms with van der Waals surface area (Å²) in [5, 5.41) is 0. The Morgan fingerprint density at radius 1 is 0.889 bits per heavy atom. The van der Waals surface area contributed by atoms with Gasteiger partial charge in [-0.15, -0.1) is 0 Å². The number of rotatable bonds is 3. The van der Waals surface area contributed by atoms with Gasteiger partial charge in [-0.25, -0.2) is 0 Å². The Bertz CT molecular complexity index is 559. The van der Waals surface area contributed by atoms with Crippen molar-refractivity contribution in [2.24, 2.45) is 0 Å². The first-order chi connectivity index (χ1) is 8.67. The van der Waals surface area contributed by atoms with E-state index in [1.807, 2.05) is 6.07 Å². The molecule has 0 saturated heterocycles. The van der Waals surface area contributed by atoms with E-state index in [0.29, 0.717) is 0 Å². The van der Waals surface area contributed by atoms with Gasteiger partial charge in [0.05, 0.1) is 14.2 Å². The molecule has 0 fully saturated rings. The first kappa shape index (κ1) is 12.5. The number of aryl methyl sites for hydroxylation is 2. The van der Waals surface area contributed by atoms with Gasteiger partial charge in [-0.2, -0.15) is 0 Å². The third-order valence-corrected chi connectivity index (χ3v) is 3.06. The lowest BCUT2D eigenvalue weighted by Crippen LogP contribution is -1.95. The fraction of sp³-hybridized carbons (Fsp3) is 0.250. The highest BCUT2D eigenvalue weighted by atomic mass is 16.5. The van der Waals surface area contributed by atoms with Gasteiger partial charge >= 0.3 is 0 Å². The topological polar surface area (TPSA) is 18.5 Å². The summed E-state index contributed by atoms with van der Waals surface area (Å²) >= 11 is 0. The van der Waals surface area contributed by atoms with Crippen LogP contribution in [-0.2, 0) is 0 Å². The van der Waals surface area contributed by atoms with Gasteiger partial charge in [-0.1, -0.05) is 35.9 Å². The summed E-state index contributed by atoms with van der Waals surface area (Å²) in [6.07, 6.45) is 0. The number of benzene rings is 2. The lowest BCUT2D eigenvalue weighted by atomic mass is 9.97. The maximum atomic E-state index is 5.52. The van der Waals surface area contributed by atoms with E-state index in [1.54, 1.807) is 14.2 Å². The molecule has 0 amide bonds. The van der Waals surface area contributed by atoms with E-state index in [1.165, 1.54) is 11.1 Å². The maximum absolute atomic E-state index is 5.52. The smallest absolute Gasteiger partial charge is 0.168 e. The summed E-state index contributed by atoms with van der Waals surface area (Å²) < 4.78 is 10.9. The van der Waals surface area contributed by atoms with E-state index < -0.39 is 0 Å². The Balaban J connectivity index is 2.69. The molecule has 0 atom stereocenters. The van der Waals surface area contributed by atoms with Crippen molar-refractivity contribution in [3.8, 4) is 22.6 Å². The molecule has 0 radical (unpaired) electrons. The van der Waals surface area contributed by atoms with Gasteiger partial charge in [-0.05, 0) is 31.0 Å². The van der Waals surface area contributed by atoms with Crippen LogP contribution in [0.25, 0.3) is 11.1 Å². The number of ether oxygens (including phenoxy) is 2. The van der Waals surface area contributed by atoms with E-state index in [0.717, 1.165) is 22.6 Å². The second-order valence-electron chi connectivity index (χ2n) is 4.36. The largest absolute Gasteiger partial charge is 0.493 e. The van der Waals surface area contributed by atoms with Crippen LogP contribution in [0.2, 0.25) is 0 Å². The molecule has 0 saturated carbocycles. The van der Waals surface area contributed by atoms with Gasteiger partial charge < -0.3 is 9.47 Å². The number of hydrogen-bond donors (Lipinski definition) is 0. The lowest BCUT2D eigenvalue weighted by molar-refractivity contribution is 0.356. The van der Waals surface area contributed by atoms with E-state index >= 15 is 0 Å². The minimum atomic E-state index is 0.764. The van der Waals surface area contributed by atoms with Crippen molar-refractivity contribution in [3.63, 3.8) is 0 Å². The summed E-state index contributed by atoms with van der Waals surface area (Å²) in [6.45, 7) is 4.17. The van der Waals surface area contributed by atoms with E-state index in [4.69, 9.17) is 9.47 Å². The molecule has 18 heavy (non-hydrogen) atoms. The molecule has 0 unspecified atom stereocenters. The minimum absolute atomic E-state index is 0.764. The minimum Gasteiger partial charge on any atom is -0.493 e. The average Bonchev–Trinajstić information content (AvgIpc) is 2.38. The van der Waals surface area contributed by atoms with E-state index in [2.05, 4.69) is 44.2 Å². The summed E-state index contributed by atoms with van der Waals surface area (Å²) in [5.41, 5.74) is 4.67. The second kappa shape index (κ2) is 5.13. The summed E-state index contributed by atoms with van der Waals surface area (Å²) in [4.78, 5) is 0. The van der Waals surface area contributed by atoms with Gasteiger partial charge in [0.15, 0.2) is 11.5 Å². The van der Waals surface area contributed by atoms with Crippen LogP contribution >= 0.6 is 0 Å². The van der Waals surface area contributed by atoms with Crippen molar-refractivity contribution in [1.29, 1.82) is 0 Å². The molecule has 2 nitrogen and oxygen atoms in total. The molecule has 2 rings (SSSR count). The lowest BCUT2D eigenvalue weighted by Gasteiger charge is -2.15. The summed E-state index contributed by atoms with van der Waals surface area (Å²) in [5.74, 6) is 1.56. The summed E-state index contributed by atoms with van der Waals surface area (Å²) in [6, 6.07) is 12.4. The fourth-order valence-corrected chi connectivity index (χ4v) is 2.18. The quantitative estimate of drug-likeness (QED) is 0.810. The standard InChI is InChI=1S/C16H18O2/c1-11-6-5-7-13(10-11)15-12(2)8-9-14(17-3)16(15)18-4/h5-10H,1-4H3. The normalized spacial score (nSPS) is 10.2. The predicted octanol–water partition coefficient (Wildman–Crippen LogP) is 3.99. The third kappa shape index (κ3) is 2.19. The molecule has 2 aromatic rings. The summed E-state index contributed by atoms with van der Waals surface area (Å²) in [7, 11) is 3.34. The molecule has 2 heteroatoms.